The number of nitrogens with zero attached hydrogens (tertiary/aromatic N) is 2. The van der Waals surface area contributed by atoms with Crippen LogP contribution in [0.2, 0.25) is 0 Å². The summed E-state index contributed by atoms with van der Waals surface area (Å²) in [5.74, 6) is 3.51. The molecule has 0 aromatic carbocycles. The summed E-state index contributed by atoms with van der Waals surface area (Å²) in [7, 11) is 0. The van der Waals surface area contributed by atoms with E-state index in [-0.39, 0.29) is 0 Å². The van der Waals surface area contributed by atoms with Gasteiger partial charge in [0.1, 0.15) is 5.82 Å². The zero-order chi connectivity index (χ0) is 10.4. The average Bonchev–Trinajstić information content (AvgIpc) is 2.26. The van der Waals surface area contributed by atoms with E-state index in [0.29, 0.717) is 13.1 Å². The fourth-order valence-corrected chi connectivity index (χ4v) is 1.22. The van der Waals surface area contributed by atoms with Gasteiger partial charge in [-0.05, 0) is 19.1 Å². The van der Waals surface area contributed by atoms with Gasteiger partial charge in [0.05, 0.1) is 12.2 Å². The lowest BCUT2D eigenvalue weighted by Gasteiger charge is -2.19. The summed E-state index contributed by atoms with van der Waals surface area (Å²) in [5, 5.41) is 0. The van der Waals surface area contributed by atoms with Crippen molar-refractivity contribution < 1.29 is 0 Å². The van der Waals surface area contributed by atoms with Crippen LogP contribution in [0.15, 0.2) is 18.2 Å². The lowest BCUT2D eigenvalue weighted by atomic mass is 10.3. The first-order valence-electron chi connectivity index (χ1n) is 4.66. The second-order valence-electron chi connectivity index (χ2n) is 2.91. The van der Waals surface area contributed by atoms with Gasteiger partial charge in [-0.15, -0.1) is 6.42 Å². The number of anilines is 1. The second-order valence-corrected chi connectivity index (χ2v) is 2.91. The van der Waals surface area contributed by atoms with Crippen LogP contribution >= 0.6 is 0 Å². The average molecular weight is 189 g/mol. The van der Waals surface area contributed by atoms with Gasteiger partial charge >= 0.3 is 0 Å². The van der Waals surface area contributed by atoms with Crippen molar-refractivity contribution in [3.8, 4) is 12.3 Å². The molecule has 0 atom stereocenters. The van der Waals surface area contributed by atoms with Crippen LogP contribution in [0.1, 0.15) is 12.6 Å². The summed E-state index contributed by atoms with van der Waals surface area (Å²) >= 11 is 0. The van der Waals surface area contributed by atoms with Gasteiger partial charge in [0.25, 0.3) is 0 Å². The summed E-state index contributed by atoms with van der Waals surface area (Å²) in [6.07, 6.45) is 5.27. The van der Waals surface area contributed by atoms with Gasteiger partial charge < -0.3 is 10.6 Å². The van der Waals surface area contributed by atoms with Crippen LogP contribution in [0.25, 0.3) is 0 Å². The van der Waals surface area contributed by atoms with Crippen LogP contribution in [0.5, 0.6) is 0 Å². The predicted molar refractivity (Wildman–Crippen MR) is 58.8 cm³/mol. The van der Waals surface area contributed by atoms with Crippen molar-refractivity contribution in [2.75, 3.05) is 18.0 Å². The smallest absolute Gasteiger partial charge is 0.129 e. The first-order chi connectivity index (χ1) is 6.81. The molecule has 14 heavy (non-hydrogen) atoms. The Kier molecular flexibility index (Phi) is 3.96. The molecule has 0 unspecified atom stereocenters. The number of nitrogens with two attached hydrogens (primary N) is 1. The lowest BCUT2D eigenvalue weighted by Crippen LogP contribution is -2.24. The summed E-state index contributed by atoms with van der Waals surface area (Å²) in [4.78, 5) is 6.41. The molecule has 0 aliphatic heterocycles. The maximum Gasteiger partial charge on any atom is 0.129 e. The van der Waals surface area contributed by atoms with E-state index in [0.717, 1.165) is 18.1 Å². The quantitative estimate of drug-likeness (QED) is 0.718. The normalized spacial score (nSPS) is 9.50. The largest absolute Gasteiger partial charge is 0.346 e. The fraction of sp³-hybridized carbons (Fsp3) is 0.364. The minimum Gasteiger partial charge on any atom is -0.346 e. The van der Waals surface area contributed by atoms with Crippen LogP contribution in [0, 0.1) is 12.3 Å². The van der Waals surface area contributed by atoms with Gasteiger partial charge in [0.2, 0.25) is 0 Å². The molecule has 0 radical (unpaired) electrons. The molecule has 1 aromatic rings. The number of aromatic nitrogens is 1. The number of terminal acetylenes is 1. The summed E-state index contributed by atoms with van der Waals surface area (Å²) in [5.41, 5.74) is 6.40. The highest BCUT2D eigenvalue weighted by Crippen LogP contribution is 2.10. The molecule has 74 valence electrons. The van der Waals surface area contributed by atoms with E-state index in [2.05, 4.69) is 10.9 Å². The molecular formula is C11H15N3. The van der Waals surface area contributed by atoms with Gasteiger partial charge in [0.15, 0.2) is 0 Å². The Bertz CT molecular complexity index is 328. The predicted octanol–water partition coefficient (Wildman–Crippen LogP) is 1.000. The van der Waals surface area contributed by atoms with Gasteiger partial charge in [-0.1, -0.05) is 12.0 Å². The van der Waals surface area contributed by atoms with Crippen molar-refractivity contribution >= 4 is 5.82 Å². The minimum absolute atomic E-state index is 0.460. The molecule has 0 bridgehead atoms. The first-order valence-corrected chi connectivity index (χ1v) is 4.66. The van der Waals surface area contributed by atoms with Crippen LogP contribution < -0.4 is 10.6 Å². The summed E-state index contributed by atoms with van der Waals surface area (Å²) < 4.78 is 0. The molecule has 0 amide bonds. The third-order valence-electron chi connectivity index (χ3n) is 1.99. The Labute approximate surface area is 84.9 Å². The van der Waals surface area contributed by atoms with Crippen molar-refractivity contribution in [2.45, 2.75) is 13.5 Å². The van der Waals surface area contributed by atoms with Crippen LogP contribution in [0.4, 0.5) is 5.82 Å². The maximum absolute atomic E-state index is 5.51. The highest BCUT2D eigenvalue weighted by molar-refractivity contribution is 5.40. The number of pyridine rings is 1. The van der Waals surface area contributed by atoms with E-state index >= 15 is 0 Å². The third-order valence-corrected chi connectivity index (χ3v) is 1.99. The molecule has 1 heterocycles. The Morgan fingerprint density at radius 1 is 1.57 bits per heavy atom. The van der Waals surface area contributed by atoms with Crippen LogP contribution in [-0.4, -0.2) is 18.1 Å². The van der Waals surface area contributed by atoms with E-state index < -0.39 is 0 Å². The molecular weight excluding hydrogens is 174 g/mol. The second kappa shape index (κ2) is 5.25. The van der Waals surface area contributed by atoms with E-state index in [9.17, 15) is 0 Å². The SMILES string of the molecule is C#CCN(CC)c1cccc(CN)n1. The molecule has 3 nitrogen and oxygen atoms in total. The monoisotopic (exact) mass is 189 g/mol. The number of hydrogen-bond donors (Lipinski definition) is 1. The number of rotatable bonds is 4. The molecule has 0 aliphatic rings. The highest BCUT2D eigenvalue weighted by atomic mass is 15.2. The number of hydrogen-bond acceptors (Lipinski definition) is 3. The van der Waals surface area contributed by atoms with E-state index in [4.69, 9.17) is 12.2 Å². The maximum atomic E-state index is 5.51. The molecule has 0 fully saturated rings. The molecule has 1 aromatic heterocycles. The zero-order valence-corrected chi connectivity index (χ0v) is 8.40. The Morgan fingerprint density at radius 3 is 2.93 bits per heavy atom. The van der Waals surface area contributed by atoms with Crippen molar-refractivity contribution in [3.63, 3.8) is 0 Å². The molecule has 2 N–H and O–H groups in total. The van der Waals surface area contributed by atoms with Gasteiger partial charge in [-0.25, -0.2) is 4.98 Å². The fourth-order valence-electron chi connectivity index (χ4n) is 1.22. The minimum atomic E-state index is 0.460. The Hall–Kier alpha value is -1.53. The topological polar surface area (TPSA) is 42.1 Å². The third kappa shape index (κ3) is 2.48. The van der Waals surface area contributed by atoms with Crippen molar-refractivity contribution in [2.24, 2.45) is 5.73 Å². The Balaban J connectivity index is 2.87. The molecule has 0 saturated carbocycles. The zero-order valence-electron chi connectivity index (χ0n) is 8.40. The van der Waals surface area contributed by atoms with Crippen molar-refractivity contribution in [3.05, 3.63) is 23.9 Å². The molecule has 0 aliphatic carbocycles. The molecule has 1 rings (SSSR count). The van der Waals surface area contributed by atoms with Gasteiger partial charge in [0, 0.05) is 13.1 Å². The van der Waals surface area contributed by atoms with E-state index in [1.165, 1.54) is 0 Å². The standard InChI is InChI=1S/C11H15N3/c1-3-8-14(4-2)11-7-5-6-10(9-12)13-11/h1,5-7H,4,8-9,12H2,2H3. The van der Waals surface area contributed by atoms with Gasteiger partial charge in [-0.3, -0.25) is 0 Å². The van der Waals surface area contributed by atoms with E-state index in [1.54, 1.807) is 0 Å². The van der Waals surface area contributed by atoms with Crippen LogP contribution in [-0.2, 0) is 6.54 Å². The van der Waals surface area contributed by atoms with Crippen molar-refractivity contribution in [1.29, 1.82) is 0 Å². The van der Waals surface area contributed by atoms with E-state index in [1.807, 2.05) is 30.0 Å². The molecule has 3 heteroatoms. The lowest BCUT2D eigenvalue weighted by molar-refractivity contribution is 0.874. The summed E-state index contributed by atoms with van der Waals surface area (Å²) in [6, 6.07) is 5.80. The summed E-state index contributed by atoms with van der Waals surface area (Å²) in [6.45, 7) is 3.94. The van der Waals surface area contributed by atoms with Crippen LogP contribution in [0.3, 0.4) is 0 Å². The van der Waals surface area contributed by atoms with Gasteiger partial charge in [-0.2, -0.15) is 0 Å². The molecule has 0 saturated heterocycles. The Morgan fingerprint density at radius 2 is 2.36 bits per heavy atom. The highest BCUT2D eigenvalue weighted by Gasteiger charge is 2.03. The molecule has 0 spiro atoms. The first kappa shape index (κ1) is 10.6. The van der Waals surface area contributed by atoms with Crippen molar-refractivity contribution in [1.82, 2.24) is 4.98 Å².